The van der Waals surface area contributed by atoms with Gasteiger partial charge in [-0.2, -0.15) is 0 Å². The molecule has 0 spiro atoms. The van der Waals surface area contributed by atoms with E-state index < -0.39 is 0 Å². The lowest BCUT2D eigenvalue weighted by atomic mass is 9.99. The first-order chi connectivity index (χ1) is 10.6. The van der Waals surface area contributed by atoms with Gasteiger partial charge in [-0.3, -0.25) is 4.79 Å². The molecule has 3 heteroatoms. The number of fused-ring (bicyclic) bond motifs is 1. The minimum absolute atomic E-state index is 0.0159. The van der Waals surface area contributed by atoms with Gasteiger partial charge in [0.05, 0.1) is 12.6 Å². The van der Waals surface area contributed by atoms with E-state index in [-0.39, 0.29) is 11.9 Å². The predicted octanol–water partition coefficient (Wildman–Crippen LogP) is 4.06. The van der Waals surface area contributed by atoms with Gasteiger partial charge in [0.15, 0.2) is 0 Å². The summed E-state index contributed by atoms with van der Waals surface area (Å²) in [5, 5.41) is 3.12. The summed E-state index contributed by atoms with van der Waals surface area (Å²) in [6.45, 7) is 4.93. The van der Waals surface area contributed by atoms with Gasteiger partial charge in [-0.05, 0) is 29.7 Å². The van der Waals surface area contributed by atoms with Crippen molar-refractivity contribution < 1.29 is 9.53 Å². The van der Waals surface area contributed by atoms with Crippen LogP contribution in [0.2, 0.25) is 0 Å². The highest BCUT2D eigenvalue weighted by Gasteiger charge is 2.22. The number of carbonyl (C=O) groups is 1. The molecule has 1 aliphatic rings. The minimum atomic E-state index is -0.0305. The molecule has 0 aromatic heterocycles. The topological polar surface area (TPSA) is 38.3 Å². The van der Waals surface area contributed by atoms with Crippen LogP contribution in [0.4, 0.5) is 0 Å². The SMILES string of the molecule is CC(C)c1ccc(C(=O)N[C@H]2CCOc3ccccc32)cc1. The van der Waals surface area contributed by atoms with Crippen LogP contribution >= 0.6 is 0 Å². The Kier molecular flexibility index (Phi) is 4.14. The summed E-state index contributed by atoms with van der Waals surface area (Å²) >= 11 is 0. The fourth-order valence-electron chi connectivity index (χ4n) is 2.75. The maximum Gasteiger partial charge on any atom is 0.251 e. The minimum Gasteiger partial charge on any atom is -0.493 e. The van der Waals surface area contributed by atoms with E-state index in [1.807, 2.05) is 48.5 Å². The van der Waals surface area contributed by atoms with E-state index in [2.05, 4.69) is 19.2 Å². The number of amides is 1. The van der Waals surface area contributed by atoms with Crippen molar-refractivity contribution in [2.45, 2.75) is 32.2 Å². The number of nitrogens with one attached hydrogen (secondary N) is 1. The van der Waals surface area contributed by atoms with Crippen LogP contribution in [0.3, 0.4) is 0 Å². The Morgan fingerprint density at radius 3 is 2.59 bits per heavy atom. The van der Waals surface area contributed by atoms with Crippen LogP contribution in [0.15, 0.2) is 48.5 Å². The molecule has 1 atom stereocenters. The van der Waals surface area contributed by atoms with E-state index in [0.29, 0.717) is 18.1 Å². The molecule has 0 saturated heterocycles. The zero-order chi connectivity index (χ0) is 15.5. The summed E-state index contributed by atoms with van der Waals surface area (Å²) in [6.07, 6.45) is 0.798. The van der Waals surface area contributed by atoms with Gasteiger partial charge in [-0.1, -0.05) is 44.2 Å². The zero-order valence-electron chi connectivity index (χ0n) is 13.0. The van der Waals surface area contributed by atoms with Crippen LogP contribution in [0.25, 0.3) is 0 Å². The molecule has 1 aliphatic heterocycles. The molecule has 0 saturated carbocycles. The van der Waals surface area contributed by atoms with Crippen LogP contribution in [-0.4, -0.2) is 12.5 Å². The Balaban J connectivity index is 1.75. The van der Waals surface area contributed by atoms with Gasteiger partial charge in [0, 0.05) is 17.5 Å². The highest BCUT2D eigenvalue weighted by molar-refractivity contribution is 5.94. The second-order valence-electron chi connectivity index (χ2n) is 5.98. The Bertz CT molecular complexity index is 661. The maximum atomic E-state index is 12.5. The van der Waals surface area contributed by atoms with Crippen molar-refractivity contribution >= 4 is 5.91 Å². The molecular formula is C19H21NO2. The van der Waals surface area contributed by atoms with Crippen molar-refractivity contribution in [3.05, 3.63) is 65.2 Å². The molecule has 1 amide bonds. The summed E-state index contributed by atoms with van der Waals surface area (Å²) < 4.78 is 5.63. The molecule has 0 bridgehead atoms. The normalized spacial score (nSPS) is 16.8. The van der Waals surface area contributed by atoms with Gasteiger partial charge >= 0.3 is 0 Å². The van der Waals surface area contributed by atoms with E-state index in [0.717, 1.165) is 17.7 Å². The van der Waals surface area contributed by atoms with Crippen LogP contribution < -0.4 is 10.1 Å². The molecule has 0 unspecified atom stereocenters. The number of ether oxygens (including phenoxy) is 1. The van der Waals surface area contributed by atoms with E-state index in [1.165, 1.54) is 5.56 Å². The smallest absolute Gasteiger partial charge is 0.251 e. The Morgan fingerprint density at radius 2 is 1.86 bits per heavy atom. The van der Waals surface area contributed by atoms with Gasteiger partial charge in [-0.15, -0.1) is 0 Å². The quantitative estimate of drug-likeness (QED) is 0.927. The molecule has 22 heavy (non-hydrogen) atoms. The molecule has 114 valence electrons. The fourth-order valence-corrected chi connectivity index (χ4v) is 2.75. The number of hydrogen-bond acceptors (Lipinski definition) is 2. The van der Waals surface area contributed by atoms with Crippen molar-refractivity contribution in [2.24, 2.45) is 0 Å². The van der Waals surface area contributed by atoms with Gasteiger partial charge in [0.2, 0.25) is 0 Å². The maximum absolute atomic E-state index is 12.5. The Hall–Kier alpha value is -2.29. The van der Waals surface area contributed by atoms with E-state index >= 15 is 0 Å². The lowest BCUT2D eigenvalue weighted by molar-refractivity contribution is 0.0925. The molecule has 1 heterocycles. The van der Waals surface area contributed by atoms with Gasteiger partial charge in [0.25, 0.3) is 5.91 Å². The largest absolute Gasteiger partial charge is 0.493 e. The van der Waals surface area contributed by atoms with Crippen molar-refractivity contribution in [3.8, 4) is 5.75 Å². The van der Waals surface area contributed by atoms with Crippen molar-refractivity contribution in [3.63, 3.8) is 0 Å². The van der Waals surface area contributed by atoms with Crippen molar-refractivity contribution in [1.29, 1.82) is 0 Å². The molecule has 3 nitrogen and oxygen atoms in total. The van der Waals surface area contributed by atoms with Crippen LogP contribution in [0, 0.1) is 0 Å². The summed E-state index contributed by atoms with van der Waals surface area (Å²) in [7, 11) is 0. The third kappa shape index (κ3) is 2.98. The third-order valence-corrected chi connectivity index (χ3v) is 4.10. The van der Waals surface area contributed by atoms with Crippen LogP contribution in [-0.2, 0) is 0 Å². The average Bonchev–Trinajstić information content (AvgIpc) is 2.55. The molecule has 2 aromatic rings. The monoisotopic (exact) mass is 295 g/mol. The zero-order valence-corrected chi connectivity index (χ0v) is 13.0. The predicted molar refractivity (Wildman–Crippen MR) is 87.3 cm³/mol. The molecule has 2 aromatic carbocycles. The summed E-state index contributed by atoms with van der Waals surface area (Å²) in [6, 6.07) is 15.8. The number of carbonyl (C=O) groups excluding carboxylic acids is 1. The second kappa shape index (κ2) is 6.22. The number of benzene rings is 2. The van der Waals surface area contributed by atoms with E-state index in [4.69, 9.17) is 4.74 Å². The third-order valence-electron chi connectivity index (χ3n) is 4.10. The standard InChI is InChI=1S/C19H21NO2/c1-13(2)14-7-9-15(10-8-14)19(21)20-17-11-12-22-18-6-4-3-5-16(17)18/h3-10,13,17H,11-12H2,1-2H3,(H,20,21)/t17-/m0/s1. The molecule has 0 aliphatic carbocycles. The fraction of sp³-hybridized carbons (Fsp3) is 0.316. The van der Waals surface area contributed by atoms with Crippen LogP contribution in [0.5, 0.6) is 5.75 Å². The lowest BCUT2D eigenvalue weighted by Crippen LogP contribution is -2.32. The first-order valence-corrected chi connectivity index (χ1v) is 7.77. The number of para-hydroxylation sites is 1. The van der Waals surface area contributed by atoms with Crippen molar-refractivity contribution in [2.75, 3.05) is 6.61 Å². The van der Waals surface area contributed by atoms with Crippen LogP contribution in [0.1, 0.15) is 53.7 Å². The molecule has 3 rings (SSSR count). The first kappa shape index (κ1) is 14.6. The summed E-state index contributed by atoms with van der Waals surface area (Å²) in [5.74, 6) is 1.31. The molecule has 0 radical (unpaired) electrons. The molecular weight excluding hydrogens is 274 g/mol. The number of hydrogen-bond donors (Lipinski definition) is 1. The summed E-state index contributed by atoms with van der Waals surface area (Å²) in [5.41, 5.74) is 3.00. The highest BCUT2D eigenvalue weighted by Crippen LogP contribution is 2.31. The van der Waals surface area contributed by atoms with Gasteiger partial charge in [0.1, 0.15) is 5.75 Å². The highest BCUT2D eigenvalue weighted by atomic mass is 16.5. The van der Waals surface area contributed by atoms with E-state index in [1.54, 1.807) is 0 Å². The van der Waals surface area contributed by atoms with Gasteiger partial charge < -0.3 is 10.1 Å². The van der Waals surface area contributed by atoms with E-state index in [9.17, 15) is 4.79 Å². The summed E-state index contributed by atoms with van der Waals surface area (Å²) in [4.78, 5) is 12.5. The number of rotatable bonds is 3. The van der Waals surface area contributed by atoms with Crippen molar-refractivity contribution in [1.82, 2.24) is 5.32 Å². The average molecular weight is 295 g/mol. The lowest BCUT2D eigenvalue weighted by Gasteiger charge is -2.26. The Labute approximate surface area is 131 Å². The first-order valence-electron chi connectivity index (χ1n) is 7.77. The second-order valence-corrected chi connectivity index (χ2v) is 5.98. The van der Waals surface area contributed by atoms with Gasteiger partial charge in [-0.25, -0.2) is 0 Å². The molecule has 0 fully saturated rings. The molecule has 1 N–H and O–H groups in total. The Morgan fingerprint density at radius 1 is 1.14 bits per heavy atom.